The summed E-state index contributed by atoms with van der Waals surface area (Å²) in [4.78, 5) is 7.93. The Morgan fingerprint density at radius 3 is 2.70 bits per heavy atom. The zero-order valence-electron chi connectivity index (χ0n) is 13.3. The Hall–Kier alpha value is -2.82. The smallest absolute Gasteiger partial charge is 0.142 e. The summed E-state index contributed by atoms with van der Waals surface area (Å²) < 4.78 is 0. The first kappa shape index (κ1) is 13.8. The molecule has 5 nitrogen and oxygen atoms in total. The van der Waals surface area contributed by atoms with E-state index in [4.69, 9.17) is 0 Å². The fourth-order valence-electron chi connectivity index (χ4n) is 2.91. The van der Waals surface area contributed by atoms with Crippen LogP contribution in [0.25, 0.3) is 33.3 Å². The molecular weight excluding hydrogens is 288 g/mol. The van der Waals surface area contributed by atoms with Crippen molar-refractivity contribution >= 4 is 21.9 Å². The lowest BCUT2D eigenvalue weighted by atomic mass is 9.85. The van der Waals surface area contributed by atoms with Crippen molar-refractivity contribution < 1.29 is 5.11 Å². The Morgan fingerprint density at radius 2 is 1.91 bits per heavy atom. The highest BCUT2D eigenvalue weighted by Gasteiger charge is 2.21. The van der Waals surface area contributed by atoms with Gasteiger partial charge in [-0.1, -0.05) is 32.9 Å². The number of benzene rings is 2. The molecule has 0 atom stereocenters. The first-order chi connectivity index (χ1) is 10.9. The number of nitrogens with zero attached hydrogens (tertiary/aromatic N) is 2. The Morgan fingerprint density at radius 1 is 1.09 bits per heavy atom. The number of aromatic nitrogens is 4. The highest BCUT2D eigenvalue weighted by Crippen LogP contribution is 2.37. The van der Waals surface area contributed by atoms with Crippen LogP contribution in [-0.4, -0.2) is 25.3 Å². The number of fused-ring (bicyclic) bond motifs is 2. The molecule has 0 fully saturated rings. The van der Waals surface area contributed by atoms with Crippen LogP contribution in [0.3, 0.4) is 0 Å². The normalized spacial score (nSPS) is 12.3. The van der Waals surface area contributed by atoms with Gasteiger partial charge in [-0.25, -0.2) is 4.98 Å². The van der Waals surface area contributed by atoms with E-state index in [1.165, 1.54) is 0 Å². The van der Waals surface area contributed by atoms with E-state index in [9.17, 15) is 5.11 Å². The molecular formula is C18H18N4O. The second kappa shape index (κ2) is 4.59. The van der Waals surface area contributed by atoms with Gasteiger partial charge in [0.05, 0.1) is 22.1 Å². The molecule has 0 radical (unpaired) electrons. The van der Waals surface area contributed by atoms with Gasteiger partial charge in [-0.2, -0.15) is 5.10 Å². The number of hydrogen-bond acceptors (Lipinski definition) is 3. The summed E-state index contributed by atoms with van der Waals surface area (Å²) in [7, 11) is 0. The monoisotopic (exact) mass is 306 g/mol. The third kappa shape index (κ3) is 2.16. The summed E-state index contributed by atoms with van der Waals surface area (Å²) in [5.74, 6) is 0.949. The zero-order valence-corrected chi connectivity index (χ0v) is 13.3. The van der Waals surface area contributed by atoms with Crippen molar-refractivity contribution in [2.24, 2.45) is 0 Å². The maximum atomic E-state index is 10.7. The number of phenolic OH excluding ortho intramolecular Hbond substituents is 1. The maximum Gasteiger partial charge on any atom is 0.142 e. The minimum atomic E-state index is -0.132. The van der Waals surface area contributed by atoms with E-state index in [0.29, 0.717) is 11.4 Å². The Balaban J connectivity index is 1.92. The van der Waals surface area contributed by atoms with Gasteiger partial charge in [-0.15, -0.1) is 0 Å². The first-order valence-corrected chi connectivity index (χ1v) is 7.59. The number of nitrogens with one attached hydrogen (secondary N) is 2. The van der Waals surface area contributed by atoms with E-state index >= 15 is 0 Å². The minimum absolute atomic E-state index is 0.132. The number of H-pyrrole nitrogens is 2. The van der Waals surface area contributed by atoms with E-state index in [0.717, 1.165) is 27.5 Å². The lowest BCUT2D eigenvalue weighted by molar-refractivity contribution is 0.448. The average molecular weight is 306 g/mol. The summed E-state index contributed by atoms with van der Waals surface area (Å²) in [5.41, 5.74) is 4.14. The summed E-state index contributed by atoms with van der Waals surface area (Å²) in [6, 6.07) is 9.74. The van der Waals surface area contributed by atoms with Crippen molar-refractivity contribution in [1.29, 1.82) is 0 Å². The predicted molar refractivity (Wildman–Crippen MR) is 91.5 cm³/mol. The van der Waals surface area contributed by atoms with E-state index in [1.54, 1.807) is 0 Å². The zero-order chi connectivity index (χ0) is 16.2. The third-order valence-corrected chi connectivity index (χ3v) is 4.13. The molecule has 4 aromatic rings. The predicted octanol–water partition coefficient (Wildman–Crippen LogP) is 4.11. The largest absolute Gasteiger partial charge is 0.507 e. The van der Waals surface area contributed by atoms with E-state index in [1.807, 2.05) is 36.5 Å². The van der Waals surface area contributed by atoms with Gasteiger partial charge in [0.2, 0.25) is 0 Å². The molecule has 0 spiro atoms. The fourth-order valence-corrected chi connectivity index (χ4v) is 2.91. The molecule has 2 aromatic heterocycles. The van der Waals surface area contributed by atoms with Crippen LogP contribution in [-0.2, 0) is 5.41 Å². The van der Waals surface area contributed by atoms with Crippen molar-refractivity contribution in [1.82, 2.24) is 20.2 Å². The van der Waals surface area contributed by atoms with Gasteiger partial charge in [0.1, 0.15) is 11.6 Å². The summed E-state index contributed by atoms with van der Waals surface area (Å²) in [5, 5.41) is 18.7. The van der Waals surface area contributed by atoms with Crippen LogP contribution in [0.1, 0.15) is 26.3 Å². The number of aromatic amines is 2. The van der Waals surface area contributed by atoms with Gasteiger partial charge < -0.3 is 10.1 Å². The molecule has 2 heterocycles. The van der Waals surface area contributed by atoms with Gasteiger partial charge >= 0.3 is 0 Å². The summed E-state index contributed by atoms with van der Waals surface area (Å²) in [6.45, 7) is 6.25. The molecule has 0 bridgehead atoms. The third-order valence-electron chi connectivity index (χ3n) is 4.13. The standard InChI is InChI=1S/C18H18N4O/c1-18(2,3)12-6-4-5-11(16(12)23)17-20-14-7-10-9-19-22-13(10)8-15(14)21-17/h4-9,23H,1-3H3,(H,19,22)(H,20,21). The Kier molecular flexibility index (Phi) is 2.75. The van der Waals surface area contributed by atoms with Crippen LogP contribution in [0.5, 0.6) is 5.75 Å². The van der Waals surface area contributed by atoms with Crippen LogP contribution in [0, 0.1) is 0 Å². The molecule has 0 aliphatic heterocycles. The van der Waals surface area contributed by atoms with Crippen molar-refractivity contribution in [3.05, 3.63) is 42.1 Å². The molecule has 3 N–H and O–H groups in total. The van der Waals surface area contributed by atoms with Crippen molar-refractivity contribution in [2.75, 3.05) is 0 Å². The molecule has 0 amide bonds. The number of phenols is 1. The Bertz CT molecular complexity index is 973. The molecule has 0 saturated carbocycles. The summed E-state index contributed by atoms with van der Waals surface area (Å²) >= 11 is 0. The van der Waals surface area contributed by atoms with E-state index < -0.39 is 0 Å². The highest BCUT2D eigenvalue weighted by atomic mass is 16.3. The average Bonchev–Trinajstić information content (AvgIpc) is 3.08. The van der Waals surface area contributed by atoms with Crippen LogP contribution >= 0.6 is 0 Å². The topological polar surface area (TPSA) is 77.6 Å². The van der Waals surface area contributed by atoms with Crippen molar-refractivity contribution in [3.8, 4) is 17.1 Å². The lowest BCUT2D eigenvalue weighted by Gasteiger charge is -2.21. The highest BCUT2D eigenvalue weighted by molar-refractivity contribution is 5.94. The SMILES string of the molecule is CC(C)(C)c1cccc(-c2nc3cc4c[nH]nc4cc3[nH]2)c1O. The Labute approximate surface area is 133 Å². The molecule has 116 valence electrons. The summed E-state index contributed by atoms with van der Waals surface area (Å²) in [6.07, 6.45) is 1.85. The van der Waals surface area contributed by atoms with Gasteiger partial charge in [0.15, 0.2) is 0 Å². The van der Waals surface area contributed by atoms with Crippen molar-refractivity contribution in [2.45, 2.75) is 26.2 Å². The second-order valence-corrected chi connectivity index (χ2v) is 6.85. The molecule has 4 rings (SSSR count). The molecule has 0 unspecified atom stereocenters. The number of aromatic hydroxyl groups is 1. The quantitative estimate of drug-likeness (QED) is 0.495. The van der Waals surface area contributed by atoms with E-state index in [-0.39, 0.29) is 11.2 Å². The molecule has 2 aromatic carbocycles. The van der Waals surface area contributed by atoms with Crippen LogP contribution in [0.15, 0.2) is 36.5 Å². The minimum Gasteiger partial charge on any atom is -0.507 e. The molecule has 0 aliphatic carbocycles. The molecule has 23 heavy (non-hydrogen) atoms. The fraction of sp³-hybridized carbons (Fsp3) is 0.222. The number of hydrogen-bond donors (Lipinski definition) is 3. The number of imidazole rings is 1. The van der Waals surface area contributed by atoms with Gasteiger partial charge in [-0.05, 0) is 29.2 Å². The molecule has 0 saturated heterocycles. The van der Waals surface area contributed by atoms with E-state index in [2.05, 4.69) is 40.9 Å². The molecule has 0 aliphatic rings. The van der Waals surface area contributed by atoms with Gasteiger partial charge in [0, 0.05) is 11.6 Å². The van der Waals surface area contributed by atoms with Crippen molar-refractivity contribution in [3.63, 3.8) is 0 Å². The second-order valence-electron chi connectivity index (χ2n) is 6.85. The van der Waals surface area contributed by atoms with Crippen LogP contribution in [0.2, 0.25) is 0 Å². The van der Waals surface area contributed by atoms with Crippen LogP contribution < -0.4 is 0 Å². The van der Waals surface area contributed by atoms with Gasteiger partial charge in [-0.3, -0.25) is 5.10 Å². The van der Waals surface area contributed by atoms with Gasteiger partial charge in [0.25, 0.3) is 0 Å². The number of rotatable bonds is 1. The molecule has 5 heteroatoms. The van der Waals surface area contributed by atoms with Crippen LogP contribution in [0.4, 0.5) is 0 Å². The maximum absolute atomic E-state index is 10.7. The lowest BCUT2D eigenvalue weighted by Crippen LogP contribution is -2.11. The first-order valence-electron chi connectivity index (χ1n) is 7.59. The number of para-hydroxylation sites is 1.